The van der Waals surface area contributed by atoms with Crippen molar-refractivity contribution in [2.45, 2.75) is 6.92 Å². The second-order valence-corrected chi connectivity index (χ2v) is 4.55. The van der Waals surface area contributed by atoms with Crippen LogP contribution in [0.15, 0.2) is 42.5 Å². The number of nitrogens with one attached hydrogen (secondary N) is 1. The molecule has 0 spiro atoms. The maximum absolute atomic E-state index is 12.0. The fourth-order valence-electron chi connectivity index (χ4n) is 1.76. The molecule has 0 unspecified atom stereocenters. The molecule has 0 saturated carbocycles. The van der Waals surface area contributed by atoms with Gasteiger partial charge in [-0.2, -0.15) is 0 Å². The molecule has 0 aromatic heterocycles. The molecule has 0 fully saturated rings. The fourth-order valence-corrected chi connectivity index (χ4v) is 2.08. The van der Waals surface area contributed by atoms with Gasteiger partial charge in [0.1, 0.15) is 0 Å². The van der Waals surface area contributed by atoms with Crippen LogP contribution in [0.25, 0.3) is 0 Å². The van der Waals surface area contributed by atoms with Gasteiger partial charge in [0.25, 0.3) is 5.91 Å². The van der Waals surface area contributed by atoms with Gasteiger partial charge in [0.2, 0.25) is 0 Å². The van der Waals surface area contributed by atoms with Crippen molar-refractivity contribution in [2.75, 3.05) is 5.32 Å². The number of hydrogen-bond donors (Lipinski definition) is 1. The number of aldehydes is 1. The molecular weight excluding hydrogens is 262 g/mol. The second kappa shape index (κ2) is 5.67. The standard InChI is InChI=1S/C15H12ClNO2/c1-10-7-13(16)12(9-18)14(8-10)17-15(19)11-5-3-2-4-6-11/h2-9H,1H3,(H,17,19). The predicted molar refractivity (Wildman–Crippen MR) is 76.0 cm³/mol. The predicted octanol–water partition coefficient (Wildman–Crippen LogP) is 3.71. The smallest absolute Gasteiger partial charge is 0.255 e. The Labute approximate surface area is 116 Å². The third-order valence-electron chi connectivity index (χ3n) is 2.68. The topological polar surface area (TPSA) is 46.2 Å². The Bertz CT molecular complexity index is 624. The summed E-state index contributed by atoms with van der Waals surface area (Å²) in [5.74, 6) is -0.273. The molecular formula is C15H12ClNO2. The van der Waals surface area contributed by atoms with Crippen LogP contribution < -0.4 is 5.32 Å². The lowest BCUT2D eigenvalue weighted by Crippen LogP contribution is -2.13. The molecule has 19 heavy (non-hydrogen) atoms. The molecule has 0 radical (unpaired) electrons. The van der Waals surface area contributed by atoms with Crippen molar-refractivity contribution < 1.29 is 9.59 Å². The lowest BCUT2D eigenvalue weighted by molar-refractivity contribution is 0.102. The molecule has 1 amide bonds. The fraction of sp³-hybridized carbons (Fsp3) is 0.0667. The molecule has 4 heteroatoms. The molecule has 96 valence electrons. The number of carbonyl (C=O) groups excluding carboxylic acids is 2. The maximum Gasteiger partial charge on any atom is 0.255 e. The maximum atomic E-state index is 12.0. The molecule has 3 nitrogen and oxygen atoms in total. The van der Waals surface area contributed by atoms with Gasteiger partial charge >= 0.3 is 0 Å². The van der Waals surface area contributed by atoms with Crippen molar-refractivity contribution in [2.24, 2.45) is 0 Å². The van der Waals surface area contributed by atoms with Gasteiger partial charge in [-0.25, -0.2) is 0 Å². The Kier molecular flexibility index (Phi) is 3.97. The van der Waals surface area contributed by atoms with Crippen LogP contribution >= 0.6 is 11.6 Å². The molecule has 2 aromatic carbocycles. The third-order valence-corrected chi connectivity index (χ3v) is 2.99. The van der Waals surface area contributed by atoms with E-state index in [0.29, 0.717) is 22.6 Å². The van der Waals surface area contributed by atoms with Crippen LogP contribution in [0.1, 0.15) is 26.3 Å². The number of anilines is 1. The van der Waals surface area contributed by atoms with Gasteiger partial charge in [-0.15, -0.1) is 0 Å². The van der Waals surface area contributed by atoms with E-state index < -0.39 is 0 Å². The highest BCUT2D eigenvalue weighted by molar-refractivity contribution is 6.33. The van der Waals surface area contributed by atoms with Crippen LogP contribution in [0.5, 0.6) is 0 Å². The summed E-state index contributed by atoms with van der Waals surface area (Å²) >= 11 is 5.98. The average Bonchev–Trinajstić information content (AvgIpc) is 2.39. The number of benzene rings is 2. The summed E-state index contributed by atoms with van der Waals surface area (Å²) in [5.41, 5.74) is 2.11. The number of amides is 1. The van der Waals surface area contributed by atoms with Gasteiger partial charge < -0.3 is 5.32 Å². The van der Waals surface area contributed by atoms with Crippen LogP contribution in [0.2, 0.25) is 5.02 Å². The van der Waals surface area contributed by atoms with E-state index in [9.17, 15) is 9.59 Å². The molecule has 0 aliphatic carbocycles. The van der Waals surface area contributed by atoms with Gasteiger partial charge in [0.05, 0.1) is 16.3 Å². The summed E-state index contributed by atoms with van der Waals surface area (Å²) in [4.78, 5) is 23.1. The minimum absolute atomic E-state index is 0.273. The van der Waals surface area contributed by atoms with Crippen molar-refractivity contribution >= 4 is 29.5 Å². The van der Waals surface area contributed by atoms with E-state index in [-0.39, 0.29) is 11.5 Å². The van der Waals surface area contributed by atoms with Crippen molar-refractivity contribution in [1.29, 1.82) is 0 Å². The molecule has 0 heterocycles. The number of rotatable bonds is 3. The molecule has 0 saturated heterocycles. The van der Waals surface area contributed by atoms with E-state index in [1.165, 1.54) is 0 Å². The highest BCUT2D eigenvalue weighted by atomic mass is 35.5. The molecule has 0 aliphatic rings. The Hall–Kier alpha value is -2.13. The zero-order valence-electron chi connectivity index (χ0n) is 10.3. The van der Waals surface area contributed by atoms with Crippen molar-refractivity contribution in [3.63, 3.8) is 0 Å². The summed E-state index contributed by atoms with van der Waals surface area (Å²) < 4.78 is 0. The first-order valence-electron chi connectivity index (χ1n) is 5.73. The van der Waals surface area contributed by atoms with Crippen molar-refractivity contribution in [1.82, 2.24) is 0 Å². The first-order valence-corrected chi connectivity index (χ1v) is 6.11. The molecule has 0 aliphatic heterocycles. The normalized spacial score (nSPS) is 10.0. The van der Waals surface area contributed by atoms with Crippen LogP contribution in [0.3, 0.4) is 0 Å². The lowest BCUT2D eigenvalue weighted by atomic mass is 10.1. The summed E-state index contributed by atoms with van der Waals surface area (Å²) in [6.45, 7) is 1.85. The average molecular weight is 274 g/mol. The monoisotopic (exact) mass is 273 g/mol. The van der Waals surface area contributed by atoms with Crippen molar-refractivity contribution in [3.8, 4) is 0 Å². The quantitative estimate of drug-likeness (QED) is 0.867. The SMILES string of the molecule is Cc1cc(Cl)c(C=O)c(NC(=O)c2ccccc2)c1. The van der Waals surface area contributed by atoms with E-state index >= 15 is 0 Å². The lowest BCUT2D eigenvalue weighted by Gasteiger charge is -2.10. The Morgan fingerprint density at radius 1 is 1.21 bits per heavy atom. The minimum atomic E-state index is -0.273. The van der Waals surface area contributed by atoms with Crippen LogP contribution in [-0.2, 0) is 0 Å². The van der Waals surface area contributed by atoms with Gasteiger partial charge in [-0.05, 0) is 36.8 Å². The highest BCUT2D eigenvalue weighted by Gasteiger charge is 2.11. The van der Waals surface area contributed by atoms with Gasteiger partial charge in [-0.3, -0.25) is 9.59 Å². The highest BCUT2D eigenvalue weighted by Crippen LogP contribution is 2.25. The zero-order chi connectivity index (χ0) is 13.8. The summed E-state index contributed by atoms with van der Waals surface area (Å²) in [5, 5.41) is 3.04. The van der Waals surface area contributed by atoms with Gasteiger partial charge in [0.15, 0.2) is 6.29 Å². The number of aryl methyl sites for hydroxylation is 1. The summed E-state index contributed by atoms with van der Waals surface area (Å²) in [6, 6.07) is 12.2. The van der Waals surface area contributed by atoms with Crippen LogP contribution in [-0.4, -0.2) is 12.2 Å². The van der Waals surface area contributed by atoms with E-state index in [2.05, 4.69) is 5.32 Å². The Morgan fingerprint density at radius 2 is 1.89 bits per heavy atom. The largest absolute Gasteiger partial charge is 0.321 e. The summed E-state index contributed by atoms with van der Waals surface area (Å²) in [6.07, 6.45) is 0.641. The zero-order valence-corrected chi connectivity index (χ0v) is 11.1. The number of halogens is 1. The first-order chi connectivity index (χ1) is 9.11. The molecule has 2 rings (SSSR count). The number of carbonyl (C=O) groups is 2. The molecule has 0 bridgehead atoms. The van der Waals surface area contributed by atoms with Gasteiger partial charge in [-0.1, -0.05) is 29.8 Å². The first kappa shape index (κ1) is 13.3. The van der Waals surface area contributed by atoms with E-state index in [1.54, 1.807) is 36.4 Å². The van der Waals surface area contributed by atoms with E-state index in [4.69, 9.17) is 11.6 Å². The molecule has 2 aromatic rings. The summed E-state index contributed by atoms with van der Waals surface area (Å²) in [7, 11) is 0. The number of hydrogen-bond acceptors (Lipinski definition) is 2. The van der Waals surface area contributed by atoms with Crippen molar-refractivity contribution in [3.05, 3.63) is 64.2 Å². The second-order valence-electron chi connectivity index (χ2n) is 4.15. The minimum Gasteiger partial charge on any atom is -0.321 e. The van der Waals surface area contributed by atoms with Gasteiger partial charge in [0, 0.05) is 5.56 Å². The molecule has 0 atom stereocenters. The van der Waals surface area contributed by atoms with E-state index in [1.807, 2.05) is 13.0 Å². The van der Waals surface area contributed by atoms with Crippen LogP contribution in [0, 0.1) is 6.92 Å². The molecule has 1 N–H and O–H groups in total. The Morgan fingerprint density at radius 3 is 2.53 bits per heavy atom. The van der Waals surface area contributed by atoms with E-state index in [0.717, 1.165) is 5.56 Å². The Balaban J connectivity index is 2.34. The van der Waals surface area contributed by atoms with Crippen LogP contribution in [0.4, 0.5) is 5.69 Å². The third kappa shape index (κ3) is 3.01.